The molecule has 0 aliphatic carbocycles. The van der Waals surface area contributed by atoms with Gasteiger partial charge < -0.3 is 4.74 Å². The minimum Gasteiger partial charge on any atom is -0.488 e. The van der Waals surface area contributed by atoms with Gasteiger partial charge in [-0.15, -0.1) is 0 Å². The lowest BCUT2D eigenvalue weighted by molar-refractivity contribution is 0.303. The Kier molecular flexibility index (Phi) is 3.97. The molecular formula is C13H14BrClN2O. The first-order valence-corrected chi connectivity index (χ1v) is 6.73. The Morgan fingerprint density at radius 3 is 2.67 bits per heavy atom. The van der Waals surface area contributed by atoms with Crippen LogP contribution in [0, 0.1) is 13.8 Å². The molecule has 0 aliphatic heterocycles. The number of hydrogen-bond donors (Lipinski definition) is 0. The lowest BCUT2D eigenvalue weighted by atomic mass is 10.2. The fourth-order valence-electron chi connectivity index (χ4n) is 1.76. The van der Waals surface area contributed by atoms with Crippen molar-refractivity contribution in [1.29, 1.82) is 0 Å². The third-order valence-electron chi connectivity index (χ3n) is 2.78. The normalized spacial score (nSPS) is 10.7. The van der Waals surface area contributed by atoms with E-state index in [2.05, 4.69) is 21.0 Å². The van der Waals surface area contributed by atoms with Crippen molar-refractivity contribution in [3.05, 3.63) is 44.6 Å². The molecule has 1 aromatic heterocycles. The van der Waals surface area contributed by atoms with Crippen LogP contribution in [0.5, 0.6) is 5.75 Å². The average Bonchev–Trinajstić information content (AvgIpc) is 2.53. The number of aromatic nitrogens is 2. The molecular weight excluding hydrogens is 316 g/mol. The topological polar surface area (TPSA) is 27.1 Å². The van der Waals surface area contributed by atoms with Crippen LogP contribution in [0.25, 0.3) is 0 Å². The fourth-order valence-corrected chi connectivity index (χ4v) is 2.47. The minimum atomic E-state index is 0.432. The molecule has 0 radical (unpaired) electrons. The van der Waals surface area contributed by atoms with Crippen molar-refractivity contribution in [3.63, 3.8) is 0 Å². The highest BCUT2D eigenvalue weighted by Gasteiger charge is 2.12. The summed E-state index contributed by atoms with van der Waals surface area (Å²) >= 11 is 9.59. The second-order valence-corrected chi connectivity index (χ2v) is 5.45. The summed E-state index contributed by atoms with van der Waals surface area (Å²) in [4.78, 5) is 0. The van der Waals surface area contributed by atoms with Crippen LogP contribution in [0.3, 0.4) is 0 Å². The fraction of sp³-hybridized carbons (Fsp3) is 0.308. The van der Waals surface area contributed by atoms with Gasteiger partial charge in [-0.3, -0.25) is 4.68 Å². The molecule has 2 rings (SSSR count). The van der Waals surface area contributed by atoms with Gasteiger partial charge in [0.15, 0.2) is 0 Å². The highest BCUT2D eigenvalue weighted by Crippen LogP contribution is 2.25. The van der Waals surface area contributed by atoms with E-state index in [9.17, 15) is 0 Å². The third kappa shape index (κ3) is 2.70. The van der Waals surface area contributed by atoms with Gasteiger partial charge in [0, 0.05) is 17.1 Å². The molecule has 0 saturated heterocycles. The second kappa shape index (κ2) is 5.33. The molecule has 0 N–H and O–H groups in total. The van der Waals surface area contributed by atoms with Gasteiger partial charge in [0.05, 0.1) is 5.69 Å². The molecule has 0 amide bonds. The van der Waals surface area contributed by atoms with Crippen LogP contribution in [0.4, 0.5) is 0 Å². The lowest BCUT2D eigenvalue weighted by Crippen LogP contribution is -1.98. The van der Waals surface area contributed by atoms with Crippen molar-refractivity contribution in [2.45, 2.75) is 20.5 Å². The highest BCUT2D eigenvalue weighted by molar-refractivity contribution is 9.10. The van der Waals surface area contributed by atoms with Crippen LogP contribution in [0.15, 0.2) is 22.7 Å². The van der Waals surface area contributed by atoms with E-state index in [0.29, 0.717) is 11.8 Å². The molecule has 0 spiro atoms. The minimum absolute atomic E-state index is 0.432. The summed E-state index contributed by atoms with van der Waals surface area (Å²) in [7, 11) is 1.82. The number of hydrogen-bond acceptors (Lipinski definition) is 2. The van der Waals surface area contributed by atoms with E-state index in [1.165, 1.54) is 0 Å². The maximum Gasteiger partial charge on any atom is 0.133 e. The summed E-state index contributed by atoms with van der Waals surface area (Å²) in [5.74, 6) is 0.859. The van der Waals surface area contributed by atoms with E-state index in [1.54, 1.807) is 4.68 Å². The number of halogens is 2. The molecule has 0 atom stereocenters. The third-order valence-corrected chi connectivity index (χ3v) is 3.74. The van der Waals surface area contributed by atoms with Crippen molar-refractivity contribution in [1.82, 2.24) is 9.78 Å². The summed E-state index contributed by atoms with van der Waals surface area (Å²) in [5.41, 5.74) is 2.92. The molecule has 0 saturated carbocycles. The lowest BCUT2D eigenvalue weighted by Gasteiger charge is -2.09. The molecule has 1 heterocycles. The van der Waals surface area contributed by atoms with E-state index >= 15 is 0 Å². The van der Waals surface area contributed by atoms with E-state index in [-0.39, 0.29) is 0 Å². The first-order chi connectivity index (χ1) is 8.49. The van der Waals surface area contributed by atoms with Gasteiger partial charge >= 0.3 is 0 Å². The molecule has 3 nitrogen and oxygen atoms in total. The maximum absolute atomic E-state index is 6.16. The van der Waals surface area contributed by atoms with E-state index in [4.69, 9.17) is 16.3 Å². The Labute approximate surface area is 120 Å². The van der Waals surface area contributed by atoms with Gasteiger partial charge in [-0.1, -0.05) is 27.5 Å². The standard InChI is InChI=1S/C13H14BrClN2O/c1-8-6-10(14)4-5-12(8)18-7-11-9(2)16-17(3)13(11)15/h4-6H,7H2,1-3H3. The molecule has 0 fully saturated rings. The first-order valence-electron chi connectivity index (χ1n) is 5.56. The first kappa shape index (κ1) is 13.4. The summed E-state index contributed by atoms with van der Waals surface area (Å²) < 4.78 is 8.50. The Bertz CT molecular complexity index is 581. The van der Waals surface area contributed by atoms with Crippen LogP contribution in [0.2, 0.25) is 5.15 Å². The quantitative estimate of drug-likeness (QED) is 0.850. The van der Waals surface area contributed by atoms with E-state index < -0.39 is 0 Å². The van der Waals surface area contributed by atoms with Crippen molar-refractivity contribution in [2.75, 3.05) is 0 Å². The highest BCUT2D eigenvalue weighted by atomic mass is 79.9. The van der Waals surface area contributed by atoms with Crippen molar-refractivity contribution < 1.29 is 4.74 Å². The van der Waals surface area contributed by atoms with Crippen LogP contribution >= 0.6 is 27.5 Å². The van der Waals surface area contributed by atoms with Gasteiger partial charge in [0.1, 0.15) is 17.5 Å². The number of aryl methyl sites for hydroxylation is 3. The largest absolute Gasteiger partial charge is 0.488 e. The van der Waals surface area contributed by atoms with Gasteiger partial charge in [0.25, 0.3) is 0 Å². The van der Waals surface area contributed by atoms with Crippen molar-refractivity contribution in [2.24, 2.45) is 7.05 Å². The summed E-state index contributed by atoms with van der Waals surface area (Å²) in [6.45, 7) is 4.37. The predicted molar refractivity (Wildman–Crippen MR) is 76.2 cm³/mol. The molecule has 18 heavy (non-hydrogen) atoms. The Balaban J connectivity index is 2.16. The van der Waals surface area contributed by atoms with E-state index in [1.807, 2.05) is 39.1 Å². The zero-order valence-corrected chi connectivity index (χ0v) is 12.8. The molecule has 1 aromatic carbocycles. The van der Waals surface area contributed by atoms with Crippen LogP contribution < -0.4 is 4.74 Å². The summed E-state index contributed by atoms with van der Waals surface area (Å²) in [5, 5.41) is 4.88. The molecule has 0 bridgehead atoms. The van der Waals surface area contributed by atoms with Gasteiger partial charge in [-0.2, -0.15) is 5.10 Å². The molecule has 5 heteroatoms. The summed E-state index contributed by atoms with van der Waals surface area (Å²) in [6, 6.07) is 5.92. The second-order valence-electron chi connectivity index (χ2n) is 4.18. The van der Waals surface area contributed by atoms with Crippen molar-refractivity contribution >= 4 is 27.5 Å². The van der Waals surface area contributed by atoms with Crippen LogP contribution in [-0.4, -0.2) is 9.78 Å². The SMILES string of the molecule is Cc1cc(Br)ccc1OCc1c(C)nn(C)c1Cl. The number of rotatable bonds is 3. The molecule has 96 valence electrons. The Morgan fingerprint density at radius 1 is 1.39 bits per heavy atom. The van der Waals surface area contributed by atoms with Crippen LogP contribution in [0.1, 0.15) is 16.8 Å². The zero-order chi connectivity index (χ0) is 13.3. The Hall–Kier alpha value is -1.00. The molecule has 2 aromatic rings. The predicted octanol–water partition coefficient (Wildman–Crippen LogP) is 4.03. The van der Waals surface area contributed by atoms with Gasteiger partial charge in [0.2, 0.25) is 0 Å². The number of benzene rings is 1. The maximum atomic E-state index is 6.16. The van der Waals surface area contributed by atoms with Crippen molar-refractivity contribution in [3.8, 4) is 5.75 Å². The monoisotopic (exact) mass is 328 g/mol. The average molecular weight is 330 g/mol. The summed E-state index contributed by atoms with van der Waals surface area (Å²) in [6.07, 6.45) is 0. The zero-order valence-electron chi connectivity index (χ0n) is 10.5. The van der Waals surface area contributed by atoms with Gasteiger partial charge in [-0.25, -0.2) is 0 Å². The van der Waals surface area contributed by atoms with E-state index in [0.717, 1.165) is 27.0 Å². The number of ether oxygens (including phenoxy) is 1. The van der Waals surface area contributed by atoms with Gasteiger partial charge in [-0.05, 0) is 37.6 Å². The molecule has 0 aliphatic rings. The smallest absolute Gasteiger partial charge is 0.133 e. The Morgan fingerprint density at radius 2 is 2.11 bits per heavy atom. The molecule has 0 unspecified atom stereocenters. The number of nitrogens with zero attached hydrogens (tertiary/aromatic N) is 2. The van der Waals surface area contributed by atoms with Crippen LogP contribution in [-0.2, 0) is 13.7 Å².